The summed E-state index contributed by atoms with van der Waals surface area (Å²) in [6, 6.07) is 5.41. The van der Waals surface area contributed by atoms with E-state index in [2.05, 4.69) is 9.71 Å². The van der Waals surface area contributed by atoms with Gasteiger partial charge in [-0.05, 0) is 36.8 Å². The largest absolute Gasteiger partial charge is 0.398 e. The van der Waals surface area contributed by atoms with Crippen LogP contribution in [0.3, 0.4) is 0 Å². The second-order valence-electron chi connectivity index (χ2n) is 4.47. The third-order valence-electron chi connectivity index (χ3n) is 2.71. The molecule has 8 heteroatoms. The summed E-state index contributed by atoms with van der Waals surface area (Å²) in [6.07, 6.45) is 2.99. The summed E-state index contributed by atoms with van der Waals surface area (Å²) >= 11 is 0. The van der Waals surface area contributed by atoms with Gasteiger partial charge in [-0.15, -0.1) is 0 Å². The van der Waals surface area contributed by atoms with Crippen LogP contribution in [0.25, 0.3) is 0 Å². The van der Waals surface area contributed by atoms with E-state index in [0.717, 1.165) is 5.56 Å². The Kier molecular flexibility index (Phi) is 3.81. The van der Waals surface area contributed by atoms with Crippen LogP contribution < -0.4 is 16.2 Å². The van der Waals surface area contributed by atoms with Crippen molar-refractivity contribution in [2.75, 3.05) is 10.5 Å². The minimum Gasteiger partial charge on any atom is -0.398 e. The molecule has 1 amide bonds. The molecule has 1 aromatic carbocycles. The zero-order chi connectivity index (χ0) is 15.6. The van der Waals surface area contributed by atoms with Gasteiger partial charge in [-0.2, -0.15) is 0 Å². The van der Waals surface area contributed by atoms with Crippen LogP contribution in [0, 0.1) is 6.92 Å². The molecule has 0 saturated heterocycles. The van der Waals surface area contributed by atoms with Crippen LogP contribution in [0.2, 0.25) is 0 Å². The number of pyridine rings is 1. The summed E-state index contributed by atoms with van der Waals surface area (Å²) in [7, 11) is -3.87. The topological polar surface area (TPSA) is 128 Å². The molecule has 0 aliphatic carbocycles. The van der Waals surface area contributed by atoms with Crippen LogP contribution >= 0.6 is 0 Å². The summed E-state index contributed by atoms with van der Waals surface area (Å²) in [5, 5.41) is 0. The number of hydrogen-bond acceptors (Lipinski definition) is 5. The fraction of sp³-hybridized carbons (Fsp3) is 0.0769. The van der Waals surface area contributed by atoms with Crippen molar-refractivity contribution in [3.8, 4) is 0 Å². The van der Waals surface area contributed by atoms with Gasteiger partial charge in [-0.3, -0.25) is 14.5 Å². The van der Waals surface area contributed by atoms with Crippen LogP contribution in [0.1, 0.15) is 15.9 Å². The summed E-state index contributed by atoms with van der Waals surface area (Å²) in [6.45, 7) is 1.79. The number of primary amides is 1. The van der Waals surface area contributed by atoms with Gasteiger partial charge < -0.3 is 11.5 Å². The highest BCUT2D eigenvalue weighted by Crippen LogP contribution is 2.22. The molecule has 0 bridgehead atoms. The smallest absolute Gasteiger partial charge is 0.263 e. The lowest BCUT2D eigenvalue weighted by Crippen LogP contribution is -2.17. The number of aryl methyl sites for hydroxylation is 1. The van der Waals surface area contributed by atoms with Gasteiger partial charge in [-0.1, -0.05) is 0 Å². The van der Waals surface area contributed by atoms with Crippen molar-refractivity contribution in [1.29, 1.82) is 0 Å². The maximum atomic E-state index is 12.3. The maximum absolute atomic E-state index is 12.3. The number of nitrogen functional groups attached to an aromatic ring is 1. The van der Waals surface area contributed by atoms with Crippen LogP contribution in [0.4, 0.5) is 11.4 Å². The fourth-order valence-corrected chi connectivity index (χ4v) is 2.92. The lowest BCUT2D eigenvalue weighted by atomic mass is 10.2. The lowest BCUT2D eigenvalue weighted by Gasteiger charge is -2.11. The van der Waals surface area contributed by atoms with Gasteiger partial charge in [-0.25, -0.2) is 8.42 Å². The van der Waals surface area contributed by atoms with Gasteiger partial charge in [0.2, 0.25) is 5.91 Å². The van der Waals surface area contributed by atoms with E-state index in [4.69, 9.17) is 11.5 Å². The quantitative estimate of drug-likeness (QED) is 0.722. The molecular formula is C13H14N4O3S. The summed E-state index contributed by atoms with van der Waals surface area (Å²) in [5.41, 5.74) is 12.0. The standard InChI is InChI=1S/C13H14N4O3S/c1-8-4-10(7-16-6-8)17-21(19,20)12-3-2-9(13(15)18)5-11(12)14/h2-7,17H,14H2,1H3,(H2,15,18). The first-order chi connectivity index (χ1) is 9.79. The third-order valence-corrected chi connectivity index (χ3v) is 4.17. The number of aromatic nitrogens is 1. The normalized spacial score (nSPS) is 11.1. The first-order valence-electron chi connectivity index (χ1n) is 5.93. The third kappa shape index (κ3) is 3.29. The number of carbonyl (C=O) groups excluding carboxylic acids is 1. The van der Waals surface area contributed by atoms with Crippen LogP contribution in [0.5, 0.6) is 0 Å². The van der Waals surface area contributed by atoms with Crippen molar-refractivity contribution in [2.45, 2.75) is 11.8 Å². The number of hydrogen-bond donors (Lipinski definition) is 3. The molecule has 0 saturated carbocycles. The summed E-state index contributed by atoms with van der Waals surface area (Å²) in [4.78, 5) is 14.8. The molecule has 0 fully saturated rings. The maximum Gasteiger partial charge on any atom is 0.263 e. The highest BCUT2D eigenvalue weighted by atomic mass is 32.2. The lowest BCUT2D eigenvalue weighted by molar-refractivity contribution is 0.1000. The van der Waals surface area contributed by atoms with E-state index < -0.39 is 15.9 Å². The molecular weight excluding hydrogens is 292 g/mol. The van der Waals surface area contributed by atoms with Crippen molar-refractivity contribution >= 4 is 27.3 Å². The summed E-state index contributed by atoms with van der Waals surface area (Å²) in [5.74, 6) is -0.679. The van der Waals surface area contributed by atoms with Crippen LogP contribution in [-0.4, -0.2) is 19.3 Å². The zero-order valence-electron chi connectivity index (χ0n) is 11.2. The van der Waals surface area contributed by atoms with E-state index in [1.165, 1.54) is 24.4 Å². The fourth-order valence-electron chi connectivity index (χ4n) is 1.77. The number of amides is 1. The number of anilines is 2. The Balaban J connectivity index is 2.38. The minimum atomic E-state index is -3.87. The Morgan fingerprint density at radius 3 is 2.52 bits per heavy atom. The molecule has 0 spiro atoms. The van der Waals surface area contributed by atoms with E-state index in [-0.39, 0.29) is 16.1 Å². The van der Waals surface area contributed by atoms with Crippen molar-refractivity contribution in [1.82, 2.24) is 4.98 Å². The van der Waals surface area contributed by atoms with Crippen LogP contribution in [0.15, 0.2) is 41.6 Å². The SMILES string of the molecule is Cc1cncc(NS(=O)(=O)c2ccc(C(N)=O)cc2N)c1. The minimum absolute atomic E-state index is 0.0561. The van der Waals surface area contributed by atoms with Crippen molar-refractivity contribution in [3.05, 3.63) is 47.8 Å². The van der Waals surface area contributed by atoms with Crippen molar-refractivity contribution in [3.63, 3.8) is 0 Å². The van der Waals surface area contributed by atoms with Crippen molar-refractivity contribution in [2.24, 2.45) is 5.73 Å². The molecule has 1 heterocycles. The van der Waals surface area contributed by atoms with Crippen LogP contribution in [-0.2, 0) is 10.0 Å². The van der Waals surface area contributed by atoms with Crippen molar-refractivity contribution < 1.29 is 13.2 Å². The Morgan fingerprint density at radius 1 is 1.24 bits per heavy atom. The van der Waals surface area contributed by atoms with Gasteiger partial charge in [0.15, 0.2) is 0 Å². The first-order valence-corrected chi connectivity index (χ1v) is 7.42. The molecule has 5 N–H and O–H groups in total. The Labute approximate surface area is 122 Å². The number of sulfonamides is 1. The molecule has 2 aromatic rings. The number of rotatable bonds is 4. The number of nitrogens with one attached hydrogen (secondary N) is 1. The Bertz CT molecular complexity index is 803. The van der Waals surface area contributed by atoms with Gasteiger partial charge in [0.05, 0.1) is 17.6 Å². The Hall–Kier alpha value is -2.61. The molecule has 0 atom stereocenters. The highest BCUT2D eigenvalue weighted by molar-refractivity contribution is 7.92. The number of nitrogens with zero attached hydrogens (tertiary/aromatic N) is 1. The van der Waals surface area contributed by atoms with Gasteiger partial charge >= 0.3 is 0 Å². The monoisotopic (exact) mass is 306 g/mol. The van der Waals surface area contributed by atoms with E-state index >= 15 is 0 Å². The van der Waals surface area contributed by atoms with Gasteiger partial charge in [0, 0.05) is 11.8 Å². The van der Waals surface area contributed by atoms with E-state index in [1.54, 1.807) is 19.2 Å². The summed E-state index contributed by atoms with van der Waals surface area (Å²) < 4.78 is 26.9. The Morgan fingerprint density at radius 2 is 1.95 bits per heavy atom. The molecule has 2 rings (SSSR count). The number of carbonyl (C=O) groups is 1. The average molecular weight is 306 g/mol. The second-order valence-corrected chi connectivity index (χ2v) is 6.12. The zero-order valence-corrected chi connectivity index (χ0v) is 12.0. The highest BCUT2D eigenvalue weighted by Gasteiger charge is 2.18. The predicted octanol–water partition coefficient (Wildman–Crippen LogP) is 0.872. The molecule has 0 aliphatic rings. The van der Waals surface area contributed by atoms with Gasteiger partial charge in [0.25, 0.3) is 10.0 Å². The predicted molar refractivity (Wildman–Crippen MR) is 79.2 cm³/mol. The average Bonchev–Trinajstić information content (AvgIpc) is 2.37. The first kappa shape index (κ1) is 14.8. The molecule has 0 unspecified atom stereocenters. The molecule has 0 aliphatic heterocycles. The number of nitrogens with two attached hydrogens (primary N) is 2. The molecule has 21 heavy (non-hydrogen) atoms. The molecule has 7 nitrogen and oxygen atoms in total. The van der Waals surface area contributed by atoms with E-state index in [9.17, 15) is 13.2 Å². The number of benzene rings is 1. The molecule has 1 aromatic heterocycles. The van der Waals surface area contributed by atoms with E-state index in [0.29, 0.717) is 5.69 Å². The molecule has 110 valence electrons. The molecule has 0 radical (unpaired) electrons. The second kappa shape index (κ2) is 5.41. The van der Waals surface area contributed by atoms with Gasteiger partial charge in [0.1, 0.15) is 4.90 Å². The van der Waals surface area contributed by atoms with E-state index in [1.807, 2.05) is 0 Å².